The third-order valence-electron chi connectivity index (χ3n) is 5.98. The lowest BCUT2D eigenvalue weighted by atomic mass is 9.85. The lowest BCUT2D eigenvalue weighted by Crippen LogP contribution is -2.38. The number of imide groups is 1. The summed E-state index contributed by atoms with van der Waals surface area (Å²) in [7, 11) is 0. The number of halogens is 3. The van der Waals surface area contributed by atoms with Crippen LogP contribution in [-0.2, 0) is 20.6 Å². The molecular formula is C19H15F3N4O4S. The molecule has 1 saturated heterocycles. The van der Waals surface area contributed by atoms with Crippen molar-refractivity contribution in [3.8, 4) is 0 Å². The molecule has 3 heterocycles. The molecule has 2 aromatic heterocycles. The largest absolute Gasteiger partial charge is 0.467 e. The van der Waals surface area contributed by atoms with Crippen molar-refractivity contribution in [2.45, 2.75) is 25.1 Å². The van der Waals surface area contributed by atoms with E-state index in [1.807, 2.05) is 12.2 Å². The Morgan fingerprint density at radius 1 is 1.23 bits per heavy atom. The maximum Gasteiger partial charge on any atom is 0.445 e. The molecule has 1 N–H and O–H groups in total. The Kier molecular flexibility index (Phi) is 4.50. The fourth-order valence-corrected chi connectivity index (χ4v) is 5.39. The summed E-state index contributed by atoms with van der Waals surface area (Å²) in [6.07, 6.45) is 1.000. The Bertz CT molecular complexity index is 1050. The average molecular weight is 452 g/mol. The van der Waals surface area contributed by atoms with Crippen LogP contribution in [0.3, 0.4) is 0 Å². The quantitative estimate of drug-likeness (QED) is 0.552. The molecular weight excluding hydrogens is 437 g/mol. The third-order valence-corrected chi connectivity index (χ3v) is 6.86. The van der Waals surface area contributed by atoms with Gasteiger partial charge in [0, 0.05) is 0 Å². The van der Waals surface area contributed by atoms with Crippen molar-refractivity contribution in [3.63, 3.8) is 0 Å². The molecule has 1 saturated carbocycles. The summed E-state index contributed by atoms with van der Waals surface area (Å²) in [6, 6.07) is 2.11. The van der Waals surface area contributed by atoms with E-state index >= 15 is 0 Å². The Hall–Kier alpha value is -3.02. The number of hydrogen-bond donors (Lipinski definition) is 1. The van der Waals surface area contributed by atoms with Gasteiger partial charge in [0.1, 0.15) is 11.8 Å². The first kappa shape index (κ1) is 19.9. The monoisotopic (exact) mass is 452 g/mol. The summed E-state index contributed by atoms with van der Waals surface area (Å²) in [5.74, 6) is -2.06. The maximum atomic E-state index is 13.1. The first-order valence-corrected chi connectivity index (χ1v) is 10.3. The number of allylic oxidation sites excluding steroid dienone is 2. The van der Waals surface area contributed by atoms with Crippen LogP contribution in [0.4, 0.5) is 18.3 Å². The van der Waals surface area contributed by atoms with Gasteiger partial charge in [-0.3, -0.25) is 19.3 Å². The normalized spacial score (nSPS) is 27.8. The number of furan rings is 1. The number of rotatable bonds is 5. The van der Waals surface area contributed by atoms with Crippen molar-refractivity contribution in [1.29, 1.82) is 0 Å². The van der Waals surface area contributed by atoms with Gasteiger partial charge < -0.3 is 9.73 Å². The van der Waals surface area contributed by atoms with Gasteiger partial charge in [-0.05, 0) is 30.4 Å². The first-order valence-electron chi connectivity index (χ1n) is 9.53. The van der Waals surface area contributed by atoms with Crippen molar-refractivity contribution >= 4 is 34.2 Å². The van der Waals surface area contributed by atoms with E-state index < -0.39 is 35.0 Å². The van der Waals surface area contributed by atoms with Crippen molar-refractivity contribution in [2.24, 2.45) is 23.7 Å². The molecule has 0 radical (unpaired) electrons. The Labute approximate surface area is 177 Å². The Morgan fingerprint density at radius 3 is 2.45 bits per heavy atom. The smallest absolute Gasteiger partial charge is 0.445 e. The molecule has 12 heteroatoms. The molecule has 5 atom stereocenters. The van der Waals surface area contributed by atoms with E-state index in [1.165, 1.54) is 6.26 Å². The first-order chi connectivity index (χ1) is 14.7. The second-order valence-electron chi connectivity index (χ2n) is 7.74. The molecule has 2 fully saturated rings. The zero-order valence-electron chi connectivity index (χ0n) is 15.7. The van der Waals surface area contributed by atoms with E-state index in [0.717, 1.165) is 11.3 Å². The van der Waals surface area contributed by atoms with Gasteiger partial charge in [0.05, 0.1) is 24.5 Å². The Morgan fingerprint density at radius 2 is 1.90 bits per heavy atom. The van der Waals surface area contributed by atoms with Gasteiger partial charge in [-0.1, -0.05) is 23.5 Å². The fourth-order valence-electron chi connectivity index (χ4n) is 4.77. The number of nitrogens with one attached hydrogen (secondary N) is 1. The fraction of sp³-hybridized carbons (Fsp3) is 0.421. The number of anilines is 1. The van der Waals surface area contributed by atoms with E-state index in [4.69, 9.17) is 4.42 Å². The zero-order chi connectivity index (χ0) is 21.9. The van der Waals surface area contributed by atoms with Crippen LogP contribution in [0.5, 0.6) is 0 Å². The molecule has 2 aliphatic carbocycles. The molecule has 8 nitrogen and oxygen atoms in total. The van der Waals surface area contributed by atoms with Crippen LogP contribution < -0.4 is 5.32 Å². The molecule has 3 amide bonds. The number of aromatic nitrogens is 2. The lowest BCUT2D eigenvalue weighted by molar-refractivity contribution is -0.144. The molecule has 0 spiro atoms. The minimum absolute atomic E-state index is 0.00436. The molecule has 1 aliphatic heterocycles. The molecule has 3 aliphatic rings. The summed E-state index contributed by atoms with van der Waals surface area (Å²) >= 11 is 0.190. The average Bonchev–Trinajstić information content (AvgIpc) is 3.50. The number of alkyl halides is 3. The molecule has 162 valence electrons. The Balaban J connectivity index is 1.37. The van der Waals surface area contributed by atoms with Crippen molar-refractivity contribution in [2.75, 3.05) is 5.32 Å². The number of nitrogens with zero attached hydrogens (tertiary/aromatic N) is 3. The molecule has 2 bridgehead atoms. The van der Waals surface area contributed by atoms with E-state index in [9.17, 15) is 27.6 Å². The summed E-state index contributed by atoms with van der Waals surface area (Å²) in [4.78, 5) is 39.9. The summed E-state index contributed by atoms with van der Waals surface area (Å²) in [6.45, 7) is 0. The lowest BCUT2D eigenvalue weighted by Gasteiger charge is -2.25. The molecule has 5 rings (SSSR count). The van der Waals surface area contributed by atoms with Gasteiger partial charge in [0.2, 0.25) is 27.9 Å². The van der Waals surface area contributed by atoms with Crippen LogP contribution in [0.2, 0.25) is 0 Å². The number of fused-ring (bicyclic) bond motifs is 5. The minimum Gasteiger partial charge on any atom is -0.467 e. The topological polar surface area (TPSA) is 105 Å². The van der Waals surface area contributed by atoms with Gasteiger partial charge in [0.25, 0.3) is 0 Å². The van der Waals surface area contributed by atoms with Crippen molar-refractivity contribution in [1.82, 2.24) is 15.1 Å². The predicted molar refractivity (Wildman–Crippen MR) is 99.2 cm³/mol. The van der Waals surface area contributed by atoms with E-state index in [-0.39, 0.29) is 52.3 Å². The van der Waals surface area contributed by atoms with Gasteiger partial charge >= 0.3 is 6.18 Å². The highest BCUT2D eigenvalue weighted by molar-refractivity contribution is 7.15. The number of carbonyl (C=O) groups is 3. The maximum absolute atomic E-state index is 13.1. The molecule has 2 aromatic rings. The summed E-state index contributed by atoms with van der Waals surface area (Å²) < 4.78 is 43.5. The molecule has 31 heavy (non-hydrogen) atoms. The number of carbonyl (C=O) groups excluding carboxylic acids is 3. The van der Waals surface area contributed by atoms with Gasteiger partial charge in [-0.25, -0.2) is 0 Å². The van der Waals surface area contributed by atoms with E-state index in [0.29, 0.717) is 0 Å². The highest BCUT2D eigenvalue weighted by Gasteiger charge is 2.60. The van der Waals surface area contributed by atoms with Crippen LogP contribution in [0.25, 0.3) is 0 Å². The van der Waals surface area contributed by atoms with Crippen molar-refractivity contribution < 1.29 is 32.0 Å². The van der Waals surface area contributed by atoms with Crippen LogP contribution in [0.1, 0.15) is 29.7 Å². The van der Waals surface area contributed by atoms with Crippen LogP contribution >= 0.6 is 11.3 Å². The highest BCUT2D eigenvalue weighted by atomic mass is 32.1. The van der Waals surface area contributed by atoms with Gasteiger partial charge in [-0.15, -0.1) is 10.2 Å². The SMILES string of the molecule is O=C(CC(c1ccco1)N1C(=O)C2C3C=CC(C3)C2C1=O)Nc1nnc(C(F)(F)F)s1. The minimum atomic E-state index is -4.67. The van der Waals surface area contributed by atoms with E-state index in [2.05, 4.69) is 15.5 Å². The number of hydrogen-bond acceptors (Lipinski definition) is 7. The molecule has 5 unspecified atom stereocenters. The van der Waals surface area contributed by atoms with Crippen LogP contribution in [0.15, 0.2) is 35.0 Å². The van der Waals surface area contributed by atoms with E-state index in [1.54, 1.807) is 12.1 Å². The zero-order valence-corrected chi connectivity index (χ0v) is 16.5. The highest BCUT2D eigenvalue weighted by Crippen LogP contribution is 2.54. The predicted octanol–water partition coefficient (Wildman–Crippen LogP) is 3.03. The third kappa shape index (κ3) is 3.25. The summed E-state index contributed by atoms with van der Waals surface area (Å²) in [5.41, 5.74) is 0. The van der Waals surface area contributed by atoms with Crippen LogP contribution in [-0.4, -0.2) is 32.8 Å². The van der Waals surface area contributed by atoms with Crippen LogP contribution in [0, 0.1) is 23.7 Å². The number of likely N-dealkylation sites (tertiary alicyclic amines) is 1. The number of amides is 3. The van der Waals surface area contributed by atoms with Crippen molar-refractivity contribution in [3.05, 3.63) is 41.3 Å². The second kappa shape index (κ2) is 7.01. The van der Waals surface area contributed by atoms with Gasteiger partial charge in [-0.2, -0.15) is 13.2 Å². The summed E-state index contributed by atoms with van der Waals surface area (Å²) in [5, 5.41) is 7.10. The second-order valence-corrected chi connectivity index (χ2v) is 8.72. The van der Waals surface area contributed by atoms with Gasteiger partial charge in [0.15, 0.2) is 0 Å². The standard InChI is InChI=1S/C19H15F3N4O4S/c20-19(21,22)17-24-25-18(31-17)23-12(27)7-10(11-2-1-5-30-11)26-15(28)13-8-3-4-9(6-8)14(13)16(26)29/h1-5,8-10,13-14H,6-7H2,(H,23,25,27). The molecule has 0 aromatic carbocycles.